The maximum Gasteiger partial charge on any atom is 0.333 e. The molecule has 3 N–H and O–H groups in total. The molecule has 1 aromatic carbocycles. The maximum absolute atomic E-state index is 12.6. The van der Waals surface area contributed by atoms with Crippen LogP contribution in [0.25, 0.3) is 0 Å². The first-order valence-electron chi connectivity index (χ1n) is 9.26. The lowest BCUT2D eigenvalue weighted by atomic mass is 9.95. The van der Waals surface area contributed by atoms with Gasteiger partial charge in [-0.05, 0) is 61.8 Å². The van der Waals surface area contributed by atoms with E-state index in [4.69, 9.17) is 11.6 Å². The summed E-state index contributed by atoms with van der Waals surface area (Å²) in [6, 6.07) is 0.986. The lowest BCUT2D eigenvalue weighted by Gasteiger charge is -2.19. The highest BCUT2D eigenvalue weighted by molar-refractivity contribution is 7.92. The molecule has 0 saturated carbocycles. The minimum Gasteiger partial charge on any atom is -0.385 e. The number of hydrogen-bond donors (Lipinski definition) is 3. The smallest absolute Gasteiger partial charge is 0.333 e. The van der Waals surface area contributed by atoms with Gasteiger partial charge in [-0.2, -0.15) is 8.42 Å². The molecule has 29 heavy (non-hydrogen) atoms. The molecular weight excluding hydrogens is 434 g/mol. The second-order valence-corrected chi connectivity index (χ2v) is 11.2. The zero-order valence-corrected chi connectivity index (χ0v) is 19.1. The van der Waals surface area contributed by atoms with Crippen molar-refractivity contribution in [2.75, 3.05) is 5.32 Å². The van der Waals surface area contributed by atoms with E-state index in [2.05, 4.69) is 10.3 Å². The van der Waals surface area contributed by atoms with Crippen molar-refractivity contribution in [1.82, 2.24) is 9.71 Å². The molecule has 1 aromatic heterocycles. The number of rotatable bonds is 5. The number of thiazole rings is 1. The fourth-order valence-electron chi connectivity index (χ4n) is 3.33. The van der Waals surface area contributed by atoms with Gasteiger partial charge in [0.25, 0.3) is 10.0 Å². The van der Waals surface area contributed by atoms with Crippen molar-refractivity contribution in [3.63, 3.8) is 0 Å². The third-order valence-electron chi connectivity index (χ3n) is 4.78. The van der Waals surface area contributed by atoms with Gasteiger partial charge >= 0.3 is 6.03 Å². The lowest BCUT2D eigenvalue weighted by molar-refractivity contribution is 0.0823. The van der Waals surface area contributed by atoms with Crippen molar-refractivity contribution in [1.29, 1.82) is 0 Å². The Balaban J connectivity index is 1.86. The Morgan fingerprint density at radius 1 is 1.31 bits per heavy atom. The van der Waals surface area contributed by atoms with Gasteiger partial charge in [-0.15, -0.1) is 11.3 Å². The minimum atomic E-state index is -4.17. The van der Waals surface area contributed by atoms with Crippen LogP contribution in [0.15, 0.2) is 16.6 Å². The summed E-state index contributed by atoms with van der Waals surface area (Å²) < 4.78 is 26.8. The summed E-state index contributed by atoms with van der Waals surface area (Å²) in [5, 5.41) is 13.4. The molecule has 0 saturated heterocycles. The number of fused-ring (bicyclic) bond motifs is 1. The molecule has 0 spiro atoms. The van der Waals surface area contributed by atoms with E-state index in [-0.39, 0.29) is 10.3 Å². The molecular formula is C19H24ClN3O4S2. The number of halogens is 1. The number of benzene rings is 1. The fraction of sp³-hybridized carbons (Fsp3) is 0.474. The molecule has 0 atom stereocenters. The summed E-state index contributed by atoms with van der Waals surface area (Å²) in [5.41, 5.74) is 2.24. The molecule has 0 unspecified atom stereocenters. The Labute approximate surface area is 179 Å². The van der Waals surface area contributed by atoms with E-state index in [0.717, 1.165) is 47.3 Å². The highest BCUT2D eigenvalue weighted by atomic mass is 35.5. The van der Waals surface area contributed by atoms with E-state index < -0.39 is 21.7 Å². The third kappa shape index (κ3) is 4.58. The molecule has 1 aliphatic carbocycles. The van der Waals surface area contributed by atoms with Crippen LogP contribution in [0, 0.1) is 0 Å². The average molecular weight is 458 g/mol. The van der Waals surface area contributed by atoms with Gasteiger partial charge in [-0.3, -0.25) is 0 Å². The van der Waals surface area contributed by atoms with Gasteiger partial charge in [-0.1, -0.05) is 25.4 Å². The van der Waals surface area contributed by atoms with Crippen molar-refractivity contribution in [2.45, 2.75) is 62.8 Å². The van der Waals surface area contributed by atoms with E-state index in [0.29, 0.717) is 15.6 Å². The molecule has 10 heteroatoms. The summed E-state index contributed by atoms with van der Waals surface area (Å²) in [5.74, 6) is 0.0959. The van der Waals surface area contributed by atoms with Gasteiger partial charge < -0.3 is 10.4 Å². The molecule has 7 nitrogen and oxygen atoms in total. The van der Waals surface area contributed by atoms with Crippen LogP contribution in [0.5, 0.6) is 0 Å². The third-order valence-corrected chi connectivity index (χ3v) is 8.15. The predicted molar refractivity (Wildman–Crippen MR) is 114 cm³/mol. The first kappa shape index (κ1) is 22.0. The van der Waals surface area contributed by atoms with Crippen molar-refractivity contribution < 1.29 is 18.3 Å². The largest absolute Gasteiger partial charge is 0.385 e. The Morgan fingerprint density at radius 2 is 1.97 bits per heavy atom. The van der Waals surface area contributed by atoms with Crippen LogP contribution < -0.4 is 10.0 Å². The summed E-state index contributed by atoms with van der Waals surface area (Å²) in [6.45, 7) is 7.04. The number of hydrogen-bond acceptors (Lipinski definition) is 6. The number of aliphatic hydroxyl groups is 1. The molecule has 158 valence electrons. The number of carbonyl (C=O) groups is 1. The van der Waals surface area contributed by atoms with Gasteiger partial charge in [-0.25, -0.2) is 14.5 Å². The molecule has 0 bridgehead atoms. The number of anilines is 1. The normalized spacial score (nSPS) is 14.2. The highest BCUT2D eigenvalue weighted by Gasteiger charge is 2.28. The topological polar surface area (TPSA) is 108 Å². The van der Waals surface area contributed by atoms with Gasteiger partial charge in [0.05, 0.1) is 10.5 Å². The predicted octanol–water partition coefficient (Wildman–Crippen LogP) is 4.15. The van der Waals surface area contributed by atoms with Crippen molar-refractivity contribution in [2.24, 2.45) is 0 Å². The number of amides is 2. The summed E-state index contributed by atoms with van der Waals surface area (Å²) >= 11 is 7.22. The summed E-state index contributed by atoms with van der Waals surface area (Å²) in [4.78, 5) is 16.8. The SMILES string of the molecule is CC(C)c1cc(Cl)c2c(c1NC(=O)NS(=O)(=O)c1ncc(C(C)(C)O)s1)CCC2. The Kier molecular flexibility index (Phi) is 5.97. The zero-order chi connectivity index (χ0) is 21.6. The first-order chi connectivity index (χ1) is 13.4. The second-order valence-electron chi connectivity index (χ2n) is 7.90. The van der Waals surface area contributed by atoms with Gasteiger partial charge in [0.15, 0.2) is 0 Å². The minimum absolute atomic E-state index is 0.0959. The number of aromatic nitrogens is 1. The maximum atomic E-state index is 12.6. The van der Waals surface area contributed by atoms with E-state index in [1.807, 2.05) is 24.6 Å². The van der Waals surface area contributed by atoms with Gasteiger partial charge in [0.1, 0.15) is 0 Å². The standard InChI is InChI=1S/C19H24ClN3O4S2/c1-10(2)13-8-14(20)11-6-5-7-12(11)16(13)22-17(24)23-29(26,27)18-21-9-15(28-18)19(3,4)25/h8-10,25H,5-7H2,1-4H3,(H2,22,23,24). The lowest BCUT2D eigenvalue weighted by Crippen LogP contribution is -2.35. The molecule has 1 aliphatic rings. The van der Waals surface area contributed by atoms with E-state index >= 15 is 0 Å². The Hall–Kier alpha value is -1.68. The second kappa shape index (κ2) is 7.86. The molecule has 0 radical (unpaired) electrons. The molecule has 0 fully saturated rings. The molecule has 0 aliphatic heterocycles. The van der Waals surface area contributed by atoms with Crippen LogP contribution in [-0.2, 0) is 28.5 Å². The number of sulfonamides is 1. The van der Waals surface area contributed by atoms with Crippen LogP contribution in [0.2, 0.25) is 5.02 Å². The van der Waals surface area contributed by atoms with Gasteiger partial charge in [0, 0.05) is 16.9 Å². The highest BCUT2D eigenvalue weighted by Crippen LogP contribution is 2.40. The van der Waals surface area contributed by atoms with Crippen molar-refractivity contribution >= 4 is 44.7 Å². The van der Waals surface area contributed by atoms with Crippen molar-refractivity contribution in [3.05, 3.63) is 38.9 Å². The van der Waals surface area contributed by atoms with Crippen LogP contribution in [0.4, 0.5) is 10.5 Å². The summed E-state index contributed by atoms with van der Waals surface area (Å²) in [6.07, 6.45) is 3.84. The Bertz CT molecular complexity index is 1060. The van der Waals surface area contributed by atoms with Gasteiger partial charge in [0.2, 0.25) is 4.34 Å². The number of nitrogens with one attached hydrogen (secondary N) is 2. The Morgan fingerprint density at radius 3 is 2.55 bits per heavy atom. The number of nitrogens with zero attached hydrogens (tertiary/aromatic N) is 1. The quantitative estimate of drug-likeness (QED) is 0.625. The molecule has 3 rings (SSSR count). The van der Waals surface area contributed by atoms with E-state index in [9.17, 15) is 18.3 Å². The van der Waals surface area contributed by atoms with E-state index in [1.165, 1.54) is 20.0 Å². The fourth-order valence-corrected chi connectivity index (χ4v) is 5.71. The number of carbonyl (C=O) groups excluding carboxylic acids is 1. The summed E-state index contributed by atoms with van der Waals surface area (Å²) in [7, 11) is -4.17. The zero-order valence-electron chi connectivity index (χ0n) is 16.7. The van der Waals surface area contributed by atoms with Crippen molar-refractivity contribution in [3.8, 4) is 0 Å². The monoisotopic (exact) mass is 457 g/mol. The molecule has 2 amide bonds. The number of urea groups is 1. The van der Waals surface area contributed by atoms with Crippen LogP contribution in [0.1, 0.15) is 61.6 Å². The van der Waals surface area contributed by atoms with E-state index in [1.54, 1.807) is 0 Å². The van der Waals surface area contributed by atoms with Crippen LogP contribution in [0.3, 0.4) is 0 Å². The first-order valence-corrected chi connectivity index (χ1v) is 11.9. The van der Waals surface area contributed by atoms with Crippen LogP contribution >= 0.6 is 22.9 Å². The molecule has 1 heterocycles. The van der Waals surface area contributed by atoms with Crippen LogP contribution in [-0.4, -0.2) is 24.5 Å². The average Bonchev–Trinajstić information content (AvgIpc) is 3.25. The molecule has 2 aromatic rings.